The number of rotatable bonds is 6. The zero-order chi connectivity index (χ0) is 19.9. The fraction of sp³-hybridized carbons (Fsp3) is 0.619. The molecule has 0 bridgehead atoms. The van der Waals surface area contributed by atoms with Gasteiger partial charge in [-0.2, -0.15) is 0 Å². The quantitative estimate of drug-likeness (QED) is 0.439. The minimum atomic E-state index is -0.524. The number of nitrogens with one attached hydrogen (secondary N) is 4. The number of methoxy groups -OCH3 is 1. The first kappa shape index (κ1) is 20.6. The molecule has 0 spiro atoms. The molecule has 1 aliphatic heterocycles. The molecule has 1 aliphatic carbocycles. The van der Waals surface area contributed by atoms with E-state index in [0.717, 1.165) is 63.2 Å². The molecule has 1 saturated heterocycles. The first-order valence-corrected chi connectivity index (χ1v) is 10.5. The van der Waals surface area contributed by atoms with Gasteiger partial charge < -0.3 is 25.2 Å². The summed E-state index contributed by atoms with van der Waals surface area (Å²) in [6.07, 6.45) is 4.20. The van der Waals surface area contributed by atoms with Gasteiger partial charge in [0.1, 0.15) is 38.0 Å². The third-order valence-electron chi connectivity index (χ3n) is 6.12. The van der Waals surface area contributed by atoms with E-state index in [-0.39, 0.29) is 12.1 Å². The normalized spacial score (nSPS) is 23.8. The highest BCUT2D eigenvalue weighted by molar-refractivity contribution is 6.35. The first-order chi connectivity index (χ1) is 13.6. The van der Waals surface area contributed by atoms with Crippen molar-refractivity contribution in [2.45, 2.75) is 37.8 Å². The molecule has 1 aromatic rings. The molecule has 2 fully saturated rings. The highest BCUT2D eigenvalue weighted by Crippen LogP contribution is 2.17. The smallest absolute Gasteiger partial charge is 0.309 e. The van der Waals surface area contributed by atoms with Gasteiger partial charge in [0, 0.05) is 11.6 Å². The van der Waals surface area contributed by atoms with Crippen LogP contribution in [-0.4, -0.2) is 64.7 Å². The molecular weight excluding hydrogens is 356 g/mol. The van der Waals surface area contributed by atoms with Gasteiger partial charge >= 0.3 is 11.8 Å². The summed E-state index contributed by atoms with van der Waals surface area (Å²) in [5, 5.41) is 5.75. The van der Waals surface area contributed by atoms with Gasteiger partial charge in [-0.05, 0) is 37.1 Å². The van der Waals surface area contributed by atoms with Gasteiger partial charge in [0.05, 0.1) is 20.7 Å². The number of piperazine rings is 1. The highest BCUT2D eigenvalue weighted by Gasteiger charge is 2.30. The fourth-order valence-electron chi connectivity index (χ4n) is 4.28. The van der Waals surface area contributed by atoms with Crippen LogP contribution in [0.5, 0.6) is 5.75 Å². The molecular formula is C21H34N4O3+2. The Morgan fingerprint density at radius 2 is 1.71 bits per heavy atom. The van der Waals surface area contributed by atoms with Crippen LogP contribution in [0.25, 0.3) is 0 Å². The minimum Gasteiger partial charge on any atom is -0.497 e. The fourth-order valence-corrected chi connectivity index (χ4v) is 4.28. The summed E-state index contributed by atoms with van der Waals surface area (Å²) in [7, 11) is 3.87. The number of ether oxygens (including phenoxy) is 1. The Bertz CT molecular complexity index is 650. The van der Waals surface area contributed by atoms with E-state index in [1.807, 2.05) is 12.1 Å². The number of carbonyl (C=O) groups excluding carboxylic acids is 2. The van der Waals surface area contributed by atoms with E-state index in [1.165, 1.54) is 9.80 Å². The lowest BCUT2D eigenvalue weighted by molar-refractivity contribution is -1.02. The Balaban J connectivity index is 1.62. The van der Waals surface area contributed by atoms with Crippen LogP contribution in [-0.2, 0) is 9.59 Å². The molecule has 0 radical (unpaired) electrons. The van der Waals surface area contributed by atoms with Crippen molar-refractivity contribution in [3.8, 4) is 5.75 Å². The third kappa shape index (κ3) is 5.45. The molecule has 3 rings (SSSR count). The number of hydrogen-bond acceptors (Lipinski definition) is 3. The average Bonchev–Trinajstić information content (AvgIpc) is 3.22. The maximum atomic E-state index is 12.3. The van der Waals surface area contributed by atoms with Crippen molar-refractivity contribution in [1.82, 2.24) is 10.6 Å². The summed E-state index contributed by atoms with van der Waals surface area (Å²) < 4.78 is 5.27. The molecule has 7 nitrogen and oxygen atoms in total. The Morgan fingerprint density at radius 1 is 1.07 bits per heavy atom. The number of amides is 2. The summed E-state index contributed by atoms with van der Waals surface area (Å²) >= 11 is 0. The van der Waals surface area contributed by atoms with Crippen LogP contribution >= 0.6 is 0 Å². The van der Waals surface area contributed by atoms with Gasteiger partial charge in [-0.1, -0.05) is 12.8 Å². The van der Waals surface area contributed by atoms with Crippen LogP contribution in [0.2, 0.25) is 0 Å². The second-order valence-electron chi connectivity index (χ2n) is 8.11. The lowest BCUT2D eigenvalue weighted by Gasteiger charge is -2.33. The zero-order valence-corrected chi connectivity index (χ0v) is 17.1. The molecule has 0 unspecified atom stereocenters. The van der Waals surface area contributed by atoms with Crippen molar-refractivity contribution in [3.63, 3.8) is 0 Å². The summed E-state index contributed by atoms with van der Waals surface area (Å²) in [6, 6.07) is 8.32. The van der Waals surface area contributed by atoms with Crippen molar-refractivity contribution in [1.29, 1.82) is 0 Å². The number of benzene rings is 1. The van der Waals surface area contributed by atoms with Gasteiger partial charge in [-0.25, -0.2) is 0 Å². The Hall–Kier alpha value is -2.12. The Labute approximate surface area is 167 Å². The van der Waals surface area contributed by atoms with Crippen molar-refractivity contribution in [2.24, 2.45) is 0 Å². The number of quaternary nitrogens is 2. The zero-order valence-electron chi connectivity index (χ0n) is 17.1. The van der Waals surface area contributed by atoms with Gasteiger partial charge in [0.15, 0.2) is 0 Å². The predicted molar refractivity (Wildman–Crippen MR) is 106 cm³/mol. The topological polar surface area (TPSA) is 76.3 Å². The summed E-state index contributed by atoms with van der Waals surface area (Å²) in [6.45, 7) is 4.77. The lowest BCUT2D eigenvalue weighted by Crippen LogP contribution is -3.27. The number of hydrogen-bond donors (Lipinski definition) is 4. The number of likely N-dealkylation sites (N-methyl/N-ethyl adjacent to an activating group) is 1. The van der Waals surface area contributed by atoms with E-state index < -0.39 is 11.8 Å². The monoisotopic (exact) mass is 390 g/mol. The Kier molecular flexibility index (Phi) is 7.28. The van der Waals surface area contributed by atoms with E-state index >= 15 is 0 Å². The van der Waals surface area contributed by atoms with Crippen LogP contribution in [0.3, 0.4) is 0 Å². The molecule has 154 valence electrons. The van der Waals surface area contributed by atoms with Crippen LogP contribution in [0.4, 0.5) is 0 Å². The molecule has 2 aliphatic rings. The van der Waals surface area contributed by atoms with E-state index in [1.54, 1.807) is 7.11 Å². The van der Waals surface area contributed by atoms with Gasteiger partial charge in [0.2, 0.25) is 0 Å². The van der Waals surface area contributed by atoms with Gasteiger partial charge in [-0.3, -0.25) is 9.59 Å². The van der Waals surface area contributed by atoms with Gasteiger partial charge in [-0.15, -0.1) is 0 Å². The summed E-state index contributed by atoms with van der Waals surface area (Å²) in [4.78, 5) is 27.5. The standard InChI is InChI=1S/C21H32N4O3/c1-24-11-13-25(14-12-24)19(16-7-9-18(28-2)10-8-16)15-22-20(26)21(27)23-17-5-3-4-6-17/h7-10,17,19H,3-6,11-15H2,1-2H3,(H,22,26)(H,23,27)/p+2/t19-/m0/s1. The summed E-state index contributed by atoms with van der Waals surface area (Å²) in [5.74, 6) is -0.205. The van der Waals surface area contributed by atoms with E-state index in [2.05, 4.69) is 29.8 Å². The van der Waals surface area contributed by atoms with E-state index in [0.29, 0.717) is 6.54 Å². The van der Waals surface area contributed by atoms with Crippen LogP contribution in [0.1, 0.15) is 37.3 Å². The average molecular weight is 391 g/mol. The minimum absolute atomic E-state index is 0.127. The molecule has 1 saturated carbocycles. The molecule has 2 amide bonds. The lowest BCUT2D eigenvalue weighted by atomic mass is 10.0. The van der Waals surface area contributed by atoms with E-state index in [9.17, 15) is 9.59 Å². The van der Waals surface area contributed by atoms with Crippen molar-refractivity contribution in [2.75, 3.05) is 46.9 Å². The first-order valence-electron chi connectivity index (χ1n) is 10.5. The molecule has 4 N–H and O–H groups in total. The second-order valence-corrected chi connectivity index (χ2v) is 8.11. The third-order valence-corrected chi connectivity index (χ3v) is 6.12. The Morgan fingerprint density at radius 3 is 2.32 bits per heavy atom. The maximum Gasteiger partial charge on any atom is 0.309 e. The van der Waals surface area contributed by atoms with Crippen LogP contribution < -0.4 is 25.2 Å². The molecule has 28 heavy (non-hydrogen) atoms. The van der Waals surface area contributed by atoms with E-state index in [4.69, 9.17) is 4.74 Å². The van der Waals surface area contributed by atoms with Crippen LogP contribution in [0.15, 0.2) is 24.3 Å². The largest absolute Gasteiger partial charge is 0.497 e. The maximum absolute atomic E-state index is 12.3. The molecule has 1 aromatic carbocycles. The van der Waals surface area contributed by atoms with Gasteiger partial charge in [0.25, 0.3) is 0 Å². The van der Waals surface area contributed by atoms with Crippen molar-refractivity contribution in [3.05, 3.63) is 29.8 Å². The van der Waals surface area contributed by atoms with Crippen molar-refractivity contribution >= 4 is 11.8 Å². The molecule has 0 aromatic heterocycles. The molecule has 1 atom stereocenters. The SMILES string of the molecule is COc1ccc([C@H](CNC(=O)C(=O)NC2CCCC2)[NH+]2CC[NH+](C)CC2)cc1. The highest BCUT2D eigenvalue weighted by atomic mass is 16.5. The molecule has 7 heteroatoms. The second kappa shape index (κ2) is 9.89. The predicted octanol–water partition coefficient (Wildman–Crippen LogP) is -1.68. The molecule has 1 heterocycles. The van der Waals surface area contributed by atoms with Crippen LogP contribution in [0, 0.1) is 0 Å². The number of carbonyl (C=O) groups is 2. The summed E-state index contributed by atoms with van der Waals surface area (Å²) in [5.41, 5.74) is 1.16. The van der Waals surface area contributed by atoms with Crippen molar-refractivity contribution < 1.29 is 24.1 Å².